The second kappa shape index (κ2) is 13.9. The monoisotopic (exact) mass is 629 g/mol. The van der Waals surface area contributed by atoms with Gasteiger partial charge in [-0.3, -0.25) is 14.5 Å². The predicted octanol–water partition coefficient (Wildman–Crippen LogP) is 6.73. The highest BCUT2D eigenvalue weighted by Gasteiger charge is 2.48. The molecule has 5 rings (SSSR count). The molecular formula is C33H31N3O6S2. The van der Waals surface area contributed by atoms with Gasteiger partial charge in [0.1, 0.15) is 11.5 Å². The van der Waals surface area contributed by atoms with Gasteiger partial charge < -0.3 is 14.6 Å². The van der Waals surface area contributed by atoms with E-state index >= 15 is 0 Å². The molecule has 1 aliphatic rings. The number of aryl methyl sites for hydroxylation is 1. The van der Waals surface area contributed by atoms with E-state index in [1.807, 2.05) is 31.2 Å². The number of anilines is 1. The smallest absolute Gasteiger partial charge is 0.337 e. The molecule has 1 amide bonds. The van der Waals surface area contributed by atoms with Crippen LogP contribution in [0.4, 0.5) is 5.13 Å². The van der Waals surface area contributed by atoms with Crippen molar-refractivity contribution in [3.63, 3.8) is 0 Å². The van der Waals surface area contributed by atoms with E-state index in [9.17, 15) is 19.5 Å². The SMILES string of the molecule is CCCCOc1ccc(C(O)=C2C(=O)C(=O)N(c3nnc(SCc4ccc(C)cc4)s3)C2c2ccc(C(=O)OC)cc2)cc1. The van der Waals surface area contributed by atoms with Gasteiger partial charge in [-0.05, 0) is 60.9 Å². The van der Waals surface area contributed by atoms with E-state index < -0.39 is 23.7 Å². The van der Waals surface area contributed by atoms with Crippen molar-refractivity contribution < 1.29 is 29.0 Å². The van der Waals surface area contributed by atoms with E-state index in [0.717, 1.165) is 18.4 Å². The number of nitrogens with zero attached hydrogens (tertiary/aromatic N) is 3. The fourth-order valence-electron chi connectivity index (χ4n) is 4.65. The van der Waals surface area contributed by atoms with Crippen molar-refractivity contribution >= 4 is 51.6 Å². The number of ether oxygens (including phenoxy) is 2. The van der Waals surface area contributed by atoms with Crippen LogP contribution in [0.2, 0.25) is 0 Å². The minimum atomic E-state index is -1.01. The van der Waals surface area contributed by atoms with E-state index in [1.165, 1.54) is 40.7 Å². The molecule has 1 aliphatic heterocycles. The molecule has 0 aliphatic carbocycles. The Labute approximate surface area is 263 Å². The standard InChI is InChI=1S/C33H31N3O6S2/c1-4-5-18-42-25-16-14-23(15-17-25)28(37)26-27(22-10-12-24(13-11-22)31(40)41-3)36(30(39)29(26)38)32-34-35-33(44-32)43-19-21-8-6-20(2)7-9-21/h6-17,27,37H,4-5,18-19H2,1-3H3. The highest BCUT2D eigenvalue weighted by molar-refractivity contribution is 8.00. The Morgan fingerprint density at radius 3 is 2.32 bits per heavy atom. The summed E-state index contributed by atoms with van der Waals surface area (Å²) in [6, 6.07) is 20.2. The number of rotatable bonds is 11. The van der Waals surface area contributed by atoms with Gasteiger partial charge in [-0.2, -0.15) is 0 Å². The van der Waals surface area contributed by atoms with Crippen LogP contribution in [-0.4, -0.2) is 46.7 Å². The van der Waals surface area contributed by atoms with Crippen LogP contribution in [0.5, 0.6) is 5.75 Å². The second-order valence-electron chi connectivity index (χ2n) is 10.1. The van der Waals surface area contributed by atoms with Gasteiger partial charge in [0.15, 0.2) is 4.34 Å². The molecule has 1 N–H and O–H groups in total. The third-order valence-corrected chi connectivity index (χ3v) is 9.20. The first-order chi connectivity index (χ1) is 21.3. The largest absolute Gasteiger partial charge is 0.507 e. The zero-order valence-electron chi connectivity index (χ0n) is 24.5. The molecule has 1 unspecified atom stereocenters. The van der Waals surface area contributed by atoms with Crippen molar-refractivity contribution in [2.45, 2.75) is 42.8 Å². The van der Waals surface area contributed by atoms with Gasteiger partial charge in [-0.15, -0.1) is 10.2 Å². The Morgan fingerprint density at radius 1 is 0.977 bits per heavy atom. The molecule has 1 aromatic heterocycles. The van der Waals surface area contributed by atoms with Gasteiger partial charge in [-0.1, -0.05) is 78.4 Å². The van der Waals surface area contributed by atoms with Crippen molar-refractivity contribution in [1.29, 1.82) is 0 Å². The van der Waals surface area contributed by atoms with Crippen LogP contribution in [0.3, 0.4) is 0 Å². The molecule has 3 aromatic carbocycles. The van der Waals surface area contributed by atoms with Gasteiger partial charge in [0.2, 0.25) is 5.13 Å². The molecule has 0 saturated carbocycles. The lowest BCUT2D eigenvalue weighted by Gasteiger charge is -2.22. The summed E-state index contributed by atoms with van der Waals surface area (Å²) in [5.74, 6) is -1.24. The number of esters is 1. The third-order valence-electron chi connectivity index (χ3n) is 7.07. The molecule has 1 atom stereocenters. The summed E-state index contributed by atoms with van der Waals surface area (Å²) in [5.41, 5.74) is 3.35. The van der Waals surface area contributed by atoms with Crippen molar-refractivity contribution in [3.8, 4) is 5.75 Å². The number of aliphatic hydroxyl groups excluding tert-OH is 1. The van der Waals surface area contributed by atoms with Crippen LogP contribution in [0.1, 0.15) is 58.4 Å². The third kappa shape index (κ3) is 6.68. The molecule has 11 heteroatoms. The minimum absolute atomic E-state index is 0.0930. The number of aromatic nitrogens is 2. The lowest BCUT2D eigenvalue weighted by Crippen LogP contribution is -2.29. The van der Waals surface area contributed by atoms with E-state index in [-0.39, 0.29) is 16.5 Å². The van der Waals surface area contributed by atoms with Crippen LogP contribution < -0.4 is 9.64 Å². The maximum atomic E-state index is 13.5. The normalized spacial score (nSPS) is 15.9. The number of carbonyl (C=O) groups excluding carboxylic acids is 3. The van der Waals surface area contributed by atoms with Crippen molar-refractivity contribution in [3.05, 3.63) is 106 Å². The number of hydrogen-bond acceptors (Lipinski definition) is 10. The summed E-state index contributed by atoms with van der Waals surface area (Å²) >= 11 is 2.66. The summed E-state index contributed by atoms with van der Waals surface area (Å²) < 4.78 is 11.2. The van der Waals surface area contributed by atoms with Crippen LogP contribution in [0.15, 0.2) is 82.7 Å². The molecule has 9 nitrogen and oxygen atoms in total. The average molecular weight is 630 g/mol. The van der Waals surface area contributed by atoms with E-state index in [2.05, 4.69) is 17.1 Å². The lowest BCUT2D eigenvalue weighted by atomic mass is 9.94. The number of hydrogen-bond donors (Lipinski definition) is 1. The van der Waals surface area contributed by atoms with Gasteiger partial charge in [0.25, 0.3) is 5.78 Å². The van der Waals surface area contributed by atoms with Crippen LogP contribution >= 0.6 is 23.1 Å². The Balaban J connectivity index is 1.50. The number of amides is 1. The number of methoxy groups -OCH3 is 1. The molecule has 0 bridgehead atoms. The molecule has 2 heterocycles. The van der Waals surface area contributed by atoms with Gasteiger partial charge >= 0.3 is 11.9 Å². The fraction of sp³-hybridized carbons (Fsp3) is 0.242. The number of thioether (sulfide) groups is 1. The van der Waals surface area contributed by atoms with E-state index in [4.69, 9.17) is 9.47 Å². The highest BCUT2D eigenvalue weighted by Crippen LogP contribution is 2.44. The topological polar surface area (TPSA) is 119 Å². The van der Waals surface area contributed by atoms with Gasteiger partial charge in [0.05, 0.1) is 30.9 Å². The number of benzene rings is 3. The molecule has 1 fully saturated rings. The molecular weight excluding hydrogens is 599 g/mol. The van der Waals surface area contributed by atoms with Crippen LogP contribution in [0, 0.1) is 6.92 Å². The zero-order chi connectivity index (χ0) is 31.2. The summed E-state index contributed by atoms with van der Waals surface area (Å²) in [7, 11) is 1.29. The first kappa shape index (κ1) is 31.0. The summed E-state index contributed by atoms with van der Waals surface area (Å²) in [4.78, 5) is 40.4. The number of carbonyl (C=O) groups is 3. The van der Waals surface area contributed by atoms with Gasteiger partial charge in [-0.25, -0.2) is 4.79 Å². The minimum Gasteiger partial charge on any atom is -0.507 e. The quantitative estimate of drug-likeness (QED) is 0.0366. The van der Waals surface area contributed by atoms with Crippen molar-refractivity contribution in [1.82, 2.24) is 10.2 Å². The zero-order valence-corrected chi connectivity index (χ0v) is 26.1. The maximum Gasteiger partial charge on any atom is 0.337 e. The van der Waals surface area contributed by atoms with Crippen molar-refractivity contribution in [2.24, 2.45) is 0 Å². The van der Waals surface area contributed by atoms with Crippen LogP contribution in [0.25, 0.3) is 5.76 Å². The Kier molecular flexibility index (Phi) is 9.76. The first-order valence-corrected chi connectivity index (χ1v) is 15.8. The molecule has 226 valence electrons. The molecule has 0 radical (unpaired) electrons. The molecule has 4 aromatic rings. The molecule has 0 spiro atoms. The summed E-state index contributed by atoms with van der Waals surface area (Å²) in [6.07, 6.45) is 1.92. The van der Waals surface area contributed by atoms with E-state index in [0.29, 0.717) is 39.1 Å². The lowest BCUT2D eigenvalue weighted by molar-refractivity contribution is -0.132. The summed E-state index contributed by atoms with van der Waals surface area (Å²) in [5, 5.41) is 20.2. The summed E-state index contributed by atoms with van der Waals surface area (Å²) in [6.45, 7) is 4.67. The Morgan fingerprint density at radius 2 is 1.66 bits per heavy atom. The van der Waals surface area contributed by atoms with Crippen LogP contribution in [-0.2, 0) is 20.1 Å². The number of unbranched alkanes of at least 4 members (excludes halogenated alkanes) is 1. The number of ketones is 1. The fourth-order valence-corrected chi connectivity index (χ4v) is 6.47. The number of Topliss-reactive ketones (excluding diaryl/α,β-unsaturated/α-hetero) is 1. The average Bonchev–Trinajstić information content (AvgIpc) is 3.62. The maximum absolute atomic E-state index is 13.5. The second-order valence-corrected chi connectivity index (χ2v) is 12.3. The number of aliphatic hydroxyl groups is 1. The van der Waals surface area contributed by atoms with Gasteiger partial charge in [0, 0.05) is 11.3 Å². The molecule has 1 saturated heterocycles. The highest BCUT2D eigenvalue weighted by atomic mass is 32.2. The predicted molar refractivity (Wildman–Crippen MR) is 170 cm³/mol. The van der Waals surface area contributed by atoms with E-state index in [1.54, 1.807) is 48.5 Å². The first-order valence-electron chi connectivity index (χ1n) is 14.0. The molecule has 44 heavy (non-hydrogen) atoms. The Bertz CT molecular complexity index is 1680. The van der Waals surface area contributed by atoms with Crippen molar-refractivity contribution in [2.75, 3.05) is 18.6 Å². The Hall–Kier alpha value is -4.48.